The van der Waals surface area contributed by atoms with Crippen LogP contribution in [0.3, 0.4) is 0 Å². The van der Waals surface area contributed by atoms with E-state index >= 15 is 0 Å². The standard InChI is InChI=1S/C19H25FN2O4S/c1-11(2)17(18-12(3)15-9-13(20)6-7-16(15)26-18)22-19(23)21-14-5-4-8-27(24,25)10-14/h6-7,9,11,14,17H,4-5,8,10H2,1-3H3,(H2,21,22,23)/t14-,17?/m1/s1. The van der Waals surface area contributed by atoms with Crippen LogP contribution in [0.4, 0.5) is 9.18 Å². The van der Waals surface area contributed by atoms with E-state index in [0.29, 0.717) is 29.6 Å². The molecular weight excluding hydrogens is 371 g/mol. The molecule has 0 bridgehead atoms. The van der Waals surface area contributed by atoms with Crippen molar-refractivity contribution in [3.05, 3.63) is 35.3 Å². The fraction of sp³-hybridized carbons (Fsp3) is 0.526. The van der Waals surface area contributed by atoms with E-state index in [4.69, 9.17) is 4.42 Å². The maximum absolute atomic E-state index is 13.5. The van der Waals surface area contributed by atoms with Gasteiger partial charge >= 0.3 is 6.03 Å². The predicted octanol–water partition coefficient (Wildman–Crippen LogP) is 3.45. The number of amides is 2. The van der Waals surface area contributed by atoms with Gasteiger partial charge in [-0.05, 0) is 43.9 Å². The highest BCUT2D eigenvalue weighted by Crippen LogP contribution is 2.33. The van der Waals surface area contributed by atoms with Crippen molar-refractivity contribution in [1.82, 2.24) is 10.6 Å². The molecule has 1 saturated heterocycles. The molecule has 2 heterocycles. The first-order chi connectivity index (χ1) is 12.7. The molecule has 6 nitrogen and oxygen atoms in total. The molecule has 1 fully saturated rings. The second-order valence-corrected chi connectivity index (χ2v) is 9.75. The number of aryl methyl sites for hydroxylation is 1. The lowest BCUT2D eigenvalue weighted by Gasteiger charge is -2.26. The molecule has 1 aliphatic rings. The topological polar surface area (TPSA) is 88.4 Å². The zero-order chi connectivity index (χ0) is 19.8. The number of hydrogen-bond donors (Lipinski definition) is 2. The minimum absolute atomic E-state index is 0.0231. The summed E-state index contributed by atoms with van der Waals surface area (Å²) in [5, 5.41) is 6.33. The third-order valence-corrected chi connectivity index (χ3v) is 6.79. The highest BCUT2D eigenvalue weighted by molar-refractivity contribution is 7.91. The van der Waals surface area contributed by atoms with Crippen LogP contribution in [0.5, 0.6) is 0 Å². The third-order valence-electron chi connectivity index (χ3n) is 4.97. The molecule has 0 radical (unpaired) electrons. The number of rotatable bonds is 4. The summed E-state index contributed by atoms with van der Waals surface area (Å²) in [5.74, 6) is 0.404. The van der Waals surface area contributed by atoms with Gasteiger partial charge in [-0.2, -0.15) is 0 Å². The van der Waals surface area contributed by atoms with Crippen molar-refractivity contribution in [1.29, 1.82) is 0 Å². The van der Waals surface area contributed by atoms with Crippen molar-refractivity contribution >= 4 is 26.8 Å². The summed E-state index contributed by atoms with van der Waals surface area (Å²) in [4.78, 5) is 12.5. The van der Waals surface area contributed by atoms with Gasteiger partial charge in [0.2, 0.25) is 0 Å². The monoisotopic (exact) mass is 396 g/mol. The van der Waals surface area contributed by atoms with Crippen LogP contribution in [0.1, 0.15) is 44.1 Å². The van der Waals surface area contributed by atoms with Crippen LogP contribution >= 0.6 is 0 Å². The molecule has 2 atom stereocenters. The first-order valence-electron chi connectivity index (χ1n) is 9.12. The molecule has 3 rings (SSSR count). The molecule has 1 aliphatic heterocycles. The fourth-order valence-corrected chi connectivity index (χ4v) is 5.18. The Kier molecular flexibility index (Phi) is 5.46. The Hall–Kier alpha value is -2.09. The zero-order valence-corrected chi connectivity index (χ0v) is 16.5. The SMILES string of the molecule is Cc1c(C(NC(=O)N[C@@H]2CCCS(=O)(=O)C2)C(C)C)oc2ccc(F)cc12. The van der Waals surface area contributed by atoms with Crippen LogP contribution in [0.15, 0.2) is 22.6 Å². The van der Waals surface area contributed by atoms with E-state index in [0.717, 1.165) is 5.56 Å². The maximum atomic E-state index is 13.5. The van der Waals surface area contributed by atoms with Crippen LogP contribution in [0.25, 0.3) is 11.0 Å². The lowest BCUT2D eigenvalue weighted by molar-refractivity contribution is 0.226. The molecule has 1 aromatic heterocycles. The van der Waals surface area contributed by atoms with Gasteiger partial charge in [-0.25, -0.2) is 17.6 Å². The second kappa shape index (κ2) is 7.50. The van der Waals surface area contributed by atoms with Crippen molar-refractivity contribution in [3.63, 3.8) is 0 Å². The van der Waals surface area contributed by atoms with Gasteiger partial charge in [-0.15, -0.1) is 0 Å². The first-order valence-corrected chi connectivity index (χ1v) is 10.9. The van der Waals surface area contributed by atoms with E-state index in [1.807, 2.05) is 20.8 Å². The highest BCUT2D eigenvalue weighted by atomic mass is 32.2. The van der Waals surface area contributed by atoms with Crippen molar-refractivity contribution in [3.8, 4) is 0 Å². The Morgan fingerprint density at radius 1 is 1.33 bits per heavy atom. The Bertz CT molecular complexity index is 952. The van der Waals surface area contributed by atoms with E-state index in [9.17, 15) is 17.6 Å². The molecule has 2 aromatic rings. The van der Waals surface area contributed by atoms with Crippen LogP contribution in [0.2, 0.25) is 0 Å². The summed E-state index contributed by atoms with van der Waals surface area (Å²) < 4.78 is 42.9. The number of nitrogens with one attached hydrogen (secondary N) is 2. The number of carbonyl (C=O) groups excluding carboxylic acids is 1. The Labute approximate surface area is 158 Å². The van der Waals surface area contributed by atoms with Gasteiger partial charge < -0.3 is 15.1 Å². The van der Waals surface area contributed by atoms with Gasteiger partial charge in [0.15, 0.2) is 9.84 Å². The first kappa shape index (κ1) is 19.7. The molecule has 0 aliphatic carbocycles. The van der Waals surface area contributed by atoms with E-state index in [1.165, 1.54) is 12.1 Å². The lowest BCUT2D eigenvalue weighted by atomic mass is 9.98. The van der Waals surface area contributed by atoms with Crippen molar-refractivity contribution in [2.75, 3.05) is 11.5 Å². The lowest BCUT2D eigenvalue weighted by Crippen LogP contribution is -2.48. The van der Waals surface area contributed by atoms with Gasteiger partial charge in [-0.1, -0.05) is 13.8 Å². The molecule has 0 saturated carbocycles. The number of benzene rings is 1. The van der Waals surface area contributed by atoms with E-state index in [-0.39, 0.29) is 29.3 Å². The summed E-state index contributed by atoms with van der Waals surface area (Å²) in [7, 11) is -3.10. The van der Waals surface area contributed by atoms with Crippen LogP contribution in [-0.2, 0) is 9.84 Å². The van der Waals surface area contributed by atoms with Crippen molar-refractivity contribution < 1.29 is 22.0 Å². The summed E-state index contributed by atoms with van der Waals surface area (Å²) >= 11 is 0. The molecule has 0 spiro atoms. The molecular formula is C19H25FN2O4S. The Morgan fingerprint density at radius 2 is 2.07 bits per heavy atom. The number of sulfone groups is 1. The molecule has 148 valence electrons. The third kappa shape index (κ3) is 4.43. The minimum atomic E-state index is -3.10. The number of fused-ring (bicyclic) bond motifs is 1. The zero-order valence-electron chi connectivity index (χ0n) is 15.7. The van der Waals surface area contributed by atoms with Gasteiger partial charge in [-0.3, -0.25) is 0 Å². The number of furan rings is 1. The summed E-state index contributed by atoms with van der Waals surface area (Å²) in [6.45, 7) is 5.73. The van der Waals surface area contributed by atoms with Crippen LogP contribution < -0.4 is 10.6 Å². The fourth-order valence-electron chi connectivity index (χ4n) is 3.55. The highest BCUT2D eigenvalue weighted by Gasteiger charge is 2.29. The number of hydrogen-bond acceptors (Lipinski definition) is 4. The molecule has 2 N–H and O–H groups in total. The van der Waals surface area contributed by atoms with E-state index < -0.39 is 21.9 Å². The average molecular weight is 396 g/mol. The number of halogens is 1. The van der Waals surface area contributed by atoms with Gasteiger partial charge in [0.05, 0.1) is 17.5 Å². The molecule has 8 heteroatoms. The summed E-state index contributed by atoms with van der Waals surface area (Å²) in [6.07, 6.45) is 1.19. The van der Waals surface area contributed by atoms with Crippen molar-refractivity contribution in [2.24, 2.45) is 5.92 Å². The maximum Gasteiger partial charge on any atom is 0.315 e. The molecule has 2 amide bonds. The van der Waals surface area contributed by atoms with Gasteiger partial charge in [0, 0.05) is 17.0 Å². The second-order valence-electron chi connectivity index (χ2n) is 7.52. The quantitative estimate of drug-likeness (QED) is 0.828. The van der Waals surface area contributed by atoms with E-state index in [2.05, 4.69) is 10.6 Å². The molecule has 1 unspecified atom stereocenters. The summed E-state index contributed by atoms with van der Waals surface area (Å²) in [6, 6.07) is 3.10. The number of carbonyl (C=O) groups is 1. The van der Waals surface area contributed by atoms with Crippen LogP contribution in [0, 0.1) is 18.7 Å². The summed E-state index contributed by atoms with van der Waals surface area (Å²) in [5.41, 5.74) is 1.35. The van der Waals surface area contributed by atoms with Crippen molar-refractivity contribution in [2.45, 2.75) is 45.7 Å². The minimum Gasteiger partial charge on any atom is -0.459 e. The Balaban J connectivity index is 1.78. The van der Waals surface area contributed by atoms with Gasteiger partial charge in [0.25, 0.3) is 0 Å². The Morgan fingerprint density at radius 3 is 2.74 bits per heavy atom. The smallest absolute Gasteiger partial charge is 0.315 e. The van der Waals surface area contributed by atoms with Crippen LogP contribution in [-0.4, -0.2) is 32.0 Å². The number of urea groups is 1. The molecule has 27 heavy (non-hydrogen) atoms. The predicted molar refractivity (Wildman–Crippen MR) is 102 cm³/mol. The average Bonchev–Trinajstić information content (AvgIpc) is 2.88. The largest absolute Gasteiger partial charge is 0.459 e. The van der Waals surface area contributed by atoms with E-state index in [1.54, 1.807) is 6.07 Å². The normalized spacial score (nSPS) is 20.6. The van der Waals surface area contributed by atoms with Gasteiger partial charge in [0.1, 0.15) is 17.2 Å². The molecule has 1 aromatic carbocycles.